The Morgan fingerprint density at radius 3 is 1.27 bits per heavy atom. The number of ether oxygens (including phenoxy) is 6. The lowest BCUT2D eigenvalue weighted by atomic mass is 9.88. The van der Waals surface area contributed by atoms with E-state index < -0.39 is 155 Å². The number of aliphatic hydroxyl groups excluding tert-OH is 11. The molecule has 3 saturated heterocycles. The lowest BCUT2D eigenvalue weighted by molar-refractivity contribution is -0.386. The van der Waals surface area contributed by atoms with E-state index in [1.165, 1.54) is 263 Å². The smallest absolute Gasteiger partial charge is 0.364 e. The zero-order chi connectivity index (χ0) is 76.7. The third-order valence-electron chi connectivity index (χ3n) is 21.7. The van der Waals surface area contributed by atoms with Crippen molar-refractivity contribution in [1.29, 1.82) is 0 Å². The minimum absolute atomic E-state index is 0.206. The molecule has 14 N–H and O–H groups in total. The Hall–Kier alpha value is -2.53. The molecule has 105 heavy (non-hydrogen) atoms. The average Bonchev–Trinajstić information content (AvgIpc) is 0.753. The molecule has 0 aromatic heterocycles. The molecule has 3 aliphatic heterocycles. The summed E-state index contributed by atoms with van der Waals surface area (Å²) in [6.45, 7) is 2.21. The van der Waals surface area contributed by atoms with Crippen LogP contribution in [0.5, 0.6) is 0 Å². The van der Waals surface area contributed by atoms with E-state index in [-0.39, 0.29) is 12.3 Å². The molecular formula is C82H154N2O21. The minimum Gasteiger partial charge on any atom is -0.477 e. The van der Waals surface area contributed by atoms with E-state index in [0.29, 0.717) is 12.8 Å². The Morgan fingerprint density at radius 1 is 0.495 bits per heavy atom. The number of rotatable bonds is 68. The Balaban J connectivity index is 1.48. The largest absolute Gasteiger partial charge is 0.477 e. The number of unbranched alkanes of at least 4 members (excludes halogenated alkanes) is 48. The van der Waals surface area contributed by atoms with Crippen LogP contribution >= 0.6 is 0 Å². The first-order valence-corrected chi connectivity index (χ1v) is 42.6. The predicted molar refractivity (Wildman–Crippen MR) is 408 cm³/mol. The average molecular weight is 1500 g/mol. The predicted octanol–water partition coefficient (Wildman–Crippen LogP) is 12.1. The molecule has 23 nitrogen and oxygen atoms in total. The van der Waals surface area contributed by atoms with Crippen LogP contribution in [0.2, 0.25) is 0 Å². The SMILES string of the molecule is CCCCCCCCCCCCCCCCCCCCC/C=C/C(O)C(COC1OC(CO)C(OC2OC(CO)C(O)C(OC3(C(=O)O)CC(O)C(NC(C)=O)C(C(O)C(O)CO)O3)C2O)C(O)C1O)NC(=O)CCCCCCCCCCCCCCCCCCCCCCCCCCCCCCCC. The van der Waals surface area contributed by atoms with Crippen molar-refractivity contribution in [2.45, 2.75) is 464 Å². The molecule has 618 valence electrons. The molecule has 0 aromatic carbocycles. The normalized spacial score (nSPS) is 26.2. The van der Waals surface area contributed by atoms with Gasteiger partial charge in [-0.05, 0) is 19.3 Å². The van der Waals surface area contributed by atoms with E-state index >= 15 is 0 Å². The highest BCUT2D eigenvalue weighted by molar-refractivity contribution is 5.77. The maximum atomic E-state index is 13.6. The molecule has 3 rings (SSSR count). The van der Waals surface area contributed by atoms with Crippen molar-refractivity contribution in [2.75, 3.05) is 26.4 Å². The molecule has 0 radical (unpaired) electrons. The second-order valence-electron chi connectivity index (χ2n) is 31.1. The van der Waals surface area contributed by atoms with Crippen LogP contribution in [0.3, 0.4) is 0 Å². The number of hydrogen-bond acceptors (Lipinski definition) is 20. The number of allylic oxidation sites excluding steroid dienone is 1. The summed E-state index contributed by atoms with van der Waals surface area (Å²) in [7, 11) is 0. The summed E-state index contributed by atoms with van der Waals surface area (Å²) in [6, 6.07) is -2.62. The Labute approximate surface area is 632 Å². The van der Waals surface area contributed by atoms with Gasteiger partial charge in [-0.1, -0.05) is 328 Å². The summed E-state index contributed by atoms with van der Waals surface area (Å²) in [5.74, 6) is -6.13. The summed E-state index contributed by atoms with van der Waals surface area (Å²) in [6.07, 6.45) is 38.3. The topological polar surface area (TPSA) is 373 Å². The van der Waals surface area contributed by atoms with Gasteiger partial charge in [0.05, 0.1) is 50.7 Å². The molecule has 18 atom stereocenters. The first-order chi connectivity index (χ1) is 50.9. The maximum Gasteiger partial charge on any atom is 0.364 e. The van der Waals surface area contributed by atoms with Crippen LogP contribution in [0.15, 0.2) is 12.2 Å². The Bertz CT molecular complexity index is 2140. The van der Waals surface area contributed by atoms with Gasteiger partial charge in [-0.15, -0.1) is 0 Å². The van der Waals surface area contributed by atoms with Crippen molar-refractivity contribution in [2.24, 2.45) is 0 Å². The number of nitrogens with one attached hydrogen (secondary N) is 2. The number of carboxylic acids is 1. The standard InChI is InChI=1S/C82H154N2O21/c1-4-6-8-10-12-14-16-18-20-22-24-26-27-28-29-30-31-32-33-34-36-38-40-42-44-46-48-50-52-54-56-69(92)84-63(64(89)55-53-51-49-47-45-43-41-39-37-35-25-23-21-19-17-15-13-11-9-7-5-2)61-100-79-74(96)73(95)76(68(60-87)102-79)103-80-75(97)78(72(94)67(59-86)101-80)105-82(81(98)99)57-65(90)70(83-62(3)88)77(104-82)71(93)66(91)58-85/h53,55,63-68,70-80,85-87,89-91,93-97H,4-52,54,56-61H2,1-3H3,(H,83,88)(H,84,92)(H,98,99)/b55-53+. The fourth-order valence-corrected chi connectivity index (χ4v) is 15.0. The highest BCUT2D eigenvalue weighted by atomic mass is 16.8. The number of hydrogen-bond donors (Lipinski definition) is 14. The number of aliphatic carboxylic acids is 1. The maximum absolute atomic E-state index is 13.6. The van der Waals surface area contributed by atoms with E-state index in [9.17, 15) is 75.7 Å². The van der Waals surface area contributed by atoms with Gasteiger partial charge in [-0.2, -0.15) is 0 Å². The van der Waals surface area contributed by atoms with Crippen molar-refractivity contribution >= 4 is 17.8 Å². The first-order valence-electron chi connectivity index (χ1n) is 42.6. The van der Waals surface area contributed by atoms with Gasteiger partial charge < -0.3 is 100 Å². The van der Waals surface area contributed by atoms with E-state index in [0.717, 1.165) is 51.9 Å². The fourth-order valence-electron chi connectivity index (χ4n) is 15.0. The summed E-state index contributed by atoms with van der Waals surface area (Å²) in [4.78, 5) is 38.7. The number of carbonyl (C=O) groups excluding carboxylic acids is 2. The molecule has 0 aromatic rings. The van der Waals surface area contributed by atoms with Gasteiger partial charge in [0.15, 0.2) is 12.6 Å². The molecule has 23 heteroatoms. The van der Waals surface area contributed by atoms with Crippen LogP contribution in [0.1, 0.15) is 355 Å². The van der Waals surface area contributed by atoms with Gasteiger partial charge in [-0.3, -0.25) is 9.59 Å². The summed E-state index contributed by atoms with van der Waals surface area (Å²) in [5.41, 5.74) is 0. The molecule has 3 aliphatic rings. The van der Waals surface area contributed by atoms with Gasteiger partial charge in [0.25, 0.3) is 5.79 Å². The lowest BCUT2D eigenvalue weighted by Gasteiger charge is -2.50. The quantitative estimate of drug-likeness (QED) is 0.0199. The van der Waals surface area contributed by atoms with Gasteiger partial charge >= 0.3 is 5.97 Å². The van der Waals surface area contributed by atoms with Crippen LogP contribution in [0.25, 0.3) is 0 Å². The van der Waals surface area contributed by atoms with Crippen LogP contribution in [-0.2, 0) is 42.8 Å². The van der Waals surface area contributed by atoms with Crippen molar-refractivity contribution in [3.8, 4) is 0 Å². The van der Waals surface area contributed by atoms with Crippen molar-refractivity contribution in [3.05, 3.63) is 12.2 Å². The highest BCUT2D eigenvalue weighted by Gasteiger charge is 2.60. The second-order valence-corrected chi connectivity index (χ2v) is 31.1. The third kappa shape index (κ3) is 41.0. The van der Waals surface area contributed by atoms with Gasteiger partial charge in [0.1, 0.15) is 67.1 Å². The molecule has 0 spiro atoms. The van der Waals surface area contributed by atoms with E-state index in [1.807, 2.05) is 6.08 Å². The highest BCUT2D eigenvalue weighted by Crippen LogP contribution is 2.39. The molecule has 3 fully saturated rings. The number of carbonyl (C=O) groups is 3. The molecule has 0 aliphatic carbocycles. The zero-order valence-corrected chi connectivity index (χ0v) is 65.6. The van der Waals surface area contributed by atoms with E-state index in [2.05, 4.69) is 24.5 Å². The van der Waals surface area contributed by atoms with Gasteiger partial charge in [0.2, 0.25) is 11.8 Å². The molecule has 2 amide bonds. The summed E-state index contributed by atoms with van der Waals surface area (Å²) < 4.78 is 34.9. The Morgan fingerprint density at radius 2 is 0.886 bits per heavy atom. The molecule has 0 saturated carbocycles. The van der Waals surface area contributed by atoms with Crippen molar-refractivity contribution < 1.29 is 104 Å². The van der Waals surface area contributed by atoms with Crippen LogP contribution in [0, 0.1) is 0 Å². The van der Waals surface area contributed by atoms with Gasteiger partial charge in [0, 0.05) is 19.8 Å². The van der Waals surface area contributed by atoms with Crippen LogP contribution in [0.4, 0.5) is 0 Å². The molecule has 0 bridgehead atoms. The monoisotopic (exact) mass is 1500 g/mol. The first kappa shape index (κ1) is 96.7. The van der Waals surface area contributed by atoms with Crippen LogP contribution in [-0.4, -0.2) is 215 Å². The minimum atomic E-state index is -3.08. The number of carboxylic acid groups (broad SMARTS) is 1. The Kier molecular flexibility index (Phi) is 56.3. The molecular weight excluding hydrogens is 1350 g/mol. The van der Waals surface area contributed by atoms with E-state index in [4.69, 9.17) is 28.4 Å². The fraction of sp³-hybridized carbons (Fsp3) is 0.939. The number of aliphatic hydroxyl groups is 11. The molecule has 3 heterocycles. The van der Waals surface area contributed by atoms with Crippen molar-refractivity contribution in [1.82, 2.24) is 10.6 Å². The number of amides is 2. The van der Waals surface area contributed by atoms with Gasteiger partial charge in [-0.25, -0.2) is 4.79 Å². The lowest BCUT2D eigenvalue weighted by Crippen LogP contribution is -2.70. The summed E-state index contributed by atoms with van der Waals surface area (Å²) >= 11 is 0. The van der Waals surface area contributed by atoms with E-state index in [1.54, 1.807) is 6.08 Å². The zero-order valence-electron chi connectivity index (χ0n) is 65.6. The molecule has 18 unspecified atom stereocenters. The van der Waals surface area contributed by atoms with Crippen LogP contribution < -0.4 is 10.6 Å². The summed E-state index contributed by atoms with van der Waals surface area (Å²) in [5, 5.41) is 137. The van der Waals surface area contributed by atoms with Crippen molar-refractivity contribution in [3.63, 3.8) is 0 Å². The second kappa shape index (κ2) is 61.1. The third-order valence-corrected chi connectivity index (χ3v) is 21.7.